The number of hydrogen-bond acceptors (Lipinski definition) is 6. The lowest BCUT2D eigenvalue weighted by atomic mass is 9.90. The Bertz CT molecular complexity index is 700. The highest BCUT2D eigenvalue weighted by molar-refractivity contribution is 5.95. The zero-order chi connectivity index (χ0) is 21.4. The van der Waals surface area contributed by atoms with Crippen LogP contribution < -0.4 is 14.8 Å². The number of hydrogen-bond donors (Lipinski definition) is 2. The molecule has 2 N–H and O–H groups in total. The van der Waals surface area contributed by atoms with Crippen LogP contribution in [0, 0.1) is 5.92 Å². The van der Waals surface area contributed by atoms with Crippen molar-refractivity contribution in [2.24, 2.45) is 5.92 Å². The number of nitrogens with one attached hydrogen (secondary N) is 1. The van der Waals surface area contributed by atoms with Crippen LogP contribution in [0.1, 0.15) is 37.0 Å². The molecule has 1 amide bonds. The average Bonchev–Trinajstić information content (AvgIpc) is 2.71. The summed E-state index contributed by atoms with van der Waals surface area (Å²) in [5.74, 6) is -0.658. The molecule has 2 unspecified atom stereocenters. The van der Waals surface area contributed by atoms with Gasteiger partial charge in [0.05, 0.1) is 25.7 Å². The number of benzene rings is 1. The molecular weight excluding hydrogens is 412 g/mol. The number of methoxy groups -OCH3 is 2. The predicted molar refractivity (Wildman–Crippen MR) is 116 cm³/mol. The van der Waals surface area contributed by atoms with Crippen molar-refractivity contribution in [2.75, 3.05) is 40.5 Å². The fraction of sp³-hybridized carbons (Fsp3) is 0.619. The SMILES string of the molecule is COCCCOc1cc(C(=O)N(C(C)C)C2CNCCC2C(=O)O)ccc1OC.Cl. The van der Waals surface area contributed by atoms with Crippen LogP contribution in [0.3, 0.4) is 0 Å². The van der Waals surface area contributed by atoms with Crippen molar-refractivity contribution in [3.63, 3.8) is 0 Å². The van der Waals surface area contributed by atoms with Gasteiger partial charge in [-0.1, -0.05) is 0 Å². The molecule has 2 rings (SSSR count). The molecule has 2 atom stereocenters. The minimum atomic E-state index is -0.869. The third-order valence-electron chi connectivity index (χ3n) is 5.08. The van der Waals surface area contributed by atoms with Gasteiger partial charge in [-0.15, -0.1) is 12.4 Å². The van der Waals surface area contributed by atoms with E-state index in [1.165, 1.54) is 0 Å². The summed E-state index contributed by atoms with van der Waals surface area (Å²) in [6.45, 7) is 5.90. The molecule has 1 saturated heterocycles. The number of carboxylic acid groups (broad SMARTS) is 1. The molecule has 0 spiro atoms. The zero-order valence-corrected chi connectivity index (χ0v) is 18.9. The summed E-state index contributed by atoms with van der Waals surface area (Å²) in [4.78, 5) is 26.8. The van der Waals surface area contributed by atoms with Crippen LogP contribution in [-0.4, -0.2) is 74.5 Å². The van der Waals surface area contributed by atoms with E-state index in [1.54, 1.807) is 37.3 Å². The number of amides is 1. The van der Waals surface area contributed by atoms with Gasteiger partial charge in [0.15, 0.2) is 11.5 Å². The van der Waals surface area contributed by atoms with Gasteiger partial charge in [0.2, 0.25) is 0 Å². The van der Waals surface area contributed by atoms with Crippen molar-refractivity contribution in [3.05, 3.63) is 23.8 Å². The first kappa shape index (κ1) is 26.0. The predicted octanol–water partition coefficient (Wildman–Crippen LogP) is 2.45. The van der Waals surface area contributed by atoms with E-state index in [4.69, 9.17) is 14.2 Å². The van der Waals surface area contributed by atoms with Crippen molar-refractivity contribution >= 4 is 24.3 Å². The summed E-state index contributed by atoms with van der Waals surface area (Å²) >= 11 is 0. The molecule has 0 saturated carbocycles. The molecule has 1 aliphatic heterocycles. The molecule has 9 heteroatoms. The molecule has 1 aliphatic rings. The summed E-state index contributed by atoms with van der Waals surface area (Å²) in [5, 5.41) is 12.8. The minimum absolute atomic E-state index is 0. The van der Waals surface area contributed by atoms with Crippen molar-refractivity contribution in [1.82, 2.24) is 10.2 Å². The van der Waals surface area contributed by atoms with E-state index in [2.05, 4.69) is 5.32 Å². The molecule has 0 aliphatic carbocycles. The highest BCUT2D eigenvalue weighted by Gasteiger charge is 2.38. The first-order valence-electron chi connectivity index (χ1n) is 9.96. The topological polar surface area (TPSA) is 97.3 Å². The van der Waals surface area contributed by atoms with Crippen molar-refractivity contribution < 1.29 is 28.9 Å². The Morgan fingerprint density at radius 1 is 1.23 bits per heavy atom. The number of piperidine rings is 1. The lowest BCUT2D eigenvalue weighted by Crippen LogP contribution is -2.57. The van der Waals surface area contributed by atoms with E-state index in [0.29, 0.717) is 56.2 Å². The third kappa shape index (κ3) is 6.48. The molecule has 1 fully saturated rings. The number of carbonyl (C=O) groups excluding carboxylic acids is 1. The van der Waals surface area contributed by atoms with E-state index in [-0.39, 0.29) is 24.4 Å². The van der Waals surface area contributed by atoms with E-state index in [0.717, 1.165) is 0 Å². The number of ether oxygens (including phenoxy) is 3. The Labute approximate surface area is 184 Å². The molecule has 170 valence electrons. The second kappa shape index (κ2) is 12.6. The average molecular weight is 445 g/mol. The van der Waals surface area contributed by atoms with Gasteiger partial charge in [0.25, 0.3) is 5.91 Å². The largest absolute Gasteiger partial charge is 0.493 e. The molecule has 0 aromatic heterocycles. The number of halogens is 1. The van der Waals surface area contributed by atoms with Crippen LogP contribution in [0.2, 0.25) is 0 Å². The summed E-state index contributed by atoms with van der Waals surface area (Å²) < 4.78 is 16.2. The molecule has 0 bridgehead atoms. The molecule has 30 heavy (non-hydrogen) atoms. The Kier molecular flexibility index (Phi) is 10.9. The van der Waals surface area contributed by atoms with Gasteiger partial charge < -0.3 is 29.5 Å². The first-order chi connectivity index (χ1) is 13.9. The fourth-order valence-electron chi connectivity index (χ4n) is 3.65. The molecule has 1 aromatic rings. The smallest absolute Gasteiger partial charge is 0.308 e. The van der Waals surface area contributed by atoms with Crippen LogP contribution in [0.4, 0.5) is 0 Å². The number of carboxylic acids is 1. The monoisotopic (exact) mass is 444 g/mol. The lowest BCUT2D eigenvalue weighted by molar-refractivity contribution is -0.145. The van der Waals surface area contributed by atoms with Crippen LogP contribution in [0.5, 0.6) is 11.5 Å². The first-order valence-corrected chi connectivity index (χ1v) is 9.96. The highest BCUT2D eigenvalue weighted by Crippen LogP contribution is 2.30. The molecule has 1 heterocycles. The fourth-order valence-corrected chi connectivity index (χ4v) is 3.65. The zero-order valence-electron chi connectivity index (χ0n) is 18.1. The Balaban J connectivity index is 0.00000450. The summed E-state index contributed by atoms with van der Waals surface area (Å²) in [6, 6.07) is 4.48. The quantitative estimate of drug-likeness (QED) is 0.535. The minimum Gasteiger partial charge on any atom is -0.493 e. The second-order valence-electron chi connectivity index (χ2n) is 7.37. The number of nitrogens with zero attached hydrogens (tertiary/aromatic N) is 1. The van der Waals surface area contributed by atoms with Gasteiger partial charge in [-0.05, 0) is 45.0 Å². The summed E-state index contributed by atoms with van der Waals surface area (Å²) in [7, 11) is 3.18. The summed E-state index contributed by atoms with van der Waals surface area (Å²) in [5.41, 5.74) is 0.441. The number of aliphatic carboxylic acids is 1. The molecule has 8 nitrogen and oxygen atoms in total. The number of rotatable bonds is 10. The van der Waals surface area contributed by atoms with Gasteiger partial charge in [0, 0.05) is 38.3 Å². The normalized spacial score (nSPS) is 18.4. The van der Waals surface area contributed by atoms with Crippen molar-refractivity contribution in [2.45, 2.75) is 38.8 Å². The molecule has 1 aromatic carbocycles. The van der Waals surface area contributed by atoms with Crippen molar-refractivity contribution in [1.29, 1.82) is 0 Å². The number of carbonyl (C=O) groups is 2. The maximum Gasteiger partial charge on any atom is 0.308 e. The van der Waals surface area contributed by atoms with Crippen LogP contribution >= 0.6 is 12.4 Å². The maximum atomic E-state index is 13.4. The van der Waals surface area contributed by atoms with Gasteiger partial charge in [-0.2, -0.15) is 0 Å². The van der Waals surface area contributed by atoms with Gasteiger partial charge in [0.1, 0.15) is 0 Å². The molecular formula is C21H33ClN2O6. The van der Waals surface area contributed by atoms with E-state index < -0.39 is 17.9 Å². The maximum absolute atomic E-state index is 13.4. The van der Waals surface area contributed by atoms with Gasteiger partial charge >= 0.3 is 5.97 Å². The van der Waals surface area contributed by atoms with E-state index in [1.807, 2.05) is 13.8 Å². The Morgan fingerprint density at radius 3 is 2.57 bits per heavy atom. The van der Waals surface area contributed by atoms with Gasteiger partial charge in [-0.25, -0.2) is 0 Å². The standard InChI is InChI=1S/C21H32N2O6.ClH/c1-14(2)23(17-13-22-9-8-16(17)21(25)26)20(24)15-6-7-18(28-4)19(12-15)29-11-5-10-27-3;/h6-7,12,14,16-17,22H,5,8-11,13H2,1-4H3,(H,25,26);1H. The van der Waals surface area contributed by atoms with Crippen LogP contribution in [0.25, 0.3) is 0 Å². The lowest BCUT2D eigenvalue weighted by Gasteiger charge is -2.41. The molecule has 0 radical (unpaired) electrons. The summed E-state index contributed by atoms with van der Waals surface area (Å²) in [6.07, 6.45) is 1.21. The van der Waals surface area contributed by atoms with Gasteiger partial charge in [-0.3, -0.25) is 9.59 Å². The van der Waals surface area contributed by atoms with Crippen molar-refractivity contribution in [3.8, 4) is 11.5 Å². The second-order valence-corrected chi connectivity index (χ2v) is 7.37. The Morgan fingerprint density at radius 2 is 1.97 bits per heavy atom. The Hall–Kier alpha value is -2.03. The van der Waals surface area contributed by atoms with E-state index >= 15 is 0 Å². The van der Waals surface area contributed by atoms with E-state index in [9.17, 15) is 14.7 Å². The highest BCUT2D eigenvalue weighted by atomic mass is 35.5. The van der Waals surface area contributed by atoms with Crippen LogP contribution in [-0.2, 0) is 9.53 Å². The third-order valence-corrected chi connectivity index (χ3v) is 5.08. The van der Waals surface area contributed by atoms with Crippen LogP contribution in [0.15, 0.2) is 18.2 Å².